The highest BCUT2D eigenvalue weighted by Gasteiger charge is 2.25. The summed E-state index contributed by atoms with van der Waals surface area (Å²) >= 11 is 0. The fraction of sp³-hybridized carbons (Fsp3) is 0.294. The van der Waals surface area contributed by atoms with Crippen LogP contribution < -0.4 is 15.4 Å². The number of benzene rings is 1. The van der Waals surface area contributed by atoms with E-state index in [9.17, 15) is 9.59 Å². The van der Waals surface area contributed by atoms with Gasteiger partial charge in [0.1, 0.15) is 12.4 Å². The van der Waals surface area contributed by atoms with Crippen molar-refractivity contribution in [1.82, 2.24) is 10.6 Å². The van der Waals surface area contributed by atoms with Gasteiger partial charge in [-0.15, -0.1) is 0 Å². The molecule has 2 rings (SSSR count). The van der Waals surface area contributed by atoms with Gasteiger partial charge < -0.3 is 15.4 Å². The third kappa shape index (κ3) is 4.77. The molecule has 1 aromatic carbocycles. The highest BCUT2D eigenvalue weighted by Crippen LogP contribution is 2.18. The maximum absolute atomic E-state index is 12.0. The fourth-order valence-corrected chi connectivity index (χ4v) is 2.23. The first-order chi connectivity index (χ1) is 10.7. The Bertz CT molecular complexity index is 554. The number of rotatable bonds is 7. The van der Waals surface area contributed by atoms with Crippen LogP contribution in [0.3, 0.4) is 0 Å². The highest BCUT2D eigenvalue weighted by molar-refractivity contribution is 5.87. The van der Waals surface area contributed by atoms with Crippen LogP contribution in [0, 0.1) is 5.92 Å². The summed E-state index contributed by atoms with van der Waals surface area (Å²) in [6.45, 7) is 4.27. The molecule has 2 atom stereocenters. The van der Waals surface area contributed by atoms with Crippen LogP contribution >= 0.6 is 0 Å². The molecule has 2 N–H and O–H groups in total. The van der Waals surface area contributed by atoms with Crippen LogP contribution in [-0.2, 0) is 9.59 Å². The molecule has 0 aliphatic heterocycles. The molecule has 1 aliphatic carbocycles. The molecule has 5 heteroatoms. The maximum Gasteiger partial charge on any atom is 0.243 e. The summed E-state index contributed by atoms with van der Waals surface area (Å²) in [5, 5.41) is 5.59. The minimum absolute atomic E-state index is 0.0525. The van der Waals surface area contributed by atoms with Gasteiger partial charge in [0, 0.05) is 6.04 Å². The zero-order valence-corrected chi connectivity index (χ0v) is 12.3. The standard InChI is InChI=1S/C17H20N2O3/c1-2-16(20)19-14-9-8-13(12-14)17(21)18-10-11-22-15-6-4-3-5-7-15/h2-9,13-14H,1,10-12H2,(H,18,21)(H,19,20)/t13-,14+/m1/s1. The zero-order chi connectivity index (χ0) is 15.8. The van der Waals surface area contributed by atoms with Gasteiger partial charge in [-0.3, -0.25) is 9.59 Å². The number of ether oxygens (including phenoxy) is 1. The Labute approximate surface area is 130 Å². The Balaban J connectivity index is 1.65. The monoisotopic (exact) mass is 300 g/mol. The van der Waals surface area contributed by atoms with Crippen LogP contribution in [0.5, 0.6) is 5.75 Å². The van der Waals surface area contributed by atoms with Gasteiger partial charge in [0.15, 0.2) is 0 Å². The quantitative estimate of drug-likeness (QED) is 0.455. The summed E-state index contributed by atoms with van der Waals surface area (Å²) in [6.07, 6.45) is 5.46. The summed E-state index contributed by atoms with van der Waals surface area (Å²) < 4.78 is 5.51. The molecular weight excluding hydrogens is 280 g/mol. The van der Waals surface area contributed by atoms with Gasteiger partial charge in [0.05, 0.1) is 12.5 Å². The van der Waals surface area contributed by atoms with Crippen LogP contribution in [0.2, 0.25) is 0 Å². The van der Waals surface area contributed by atoms with E-state index < -0.39 is 0 Å². The summed E-state index contributed by atoms with van der Waals surface area (Å²) in [6, 6.07) is 9.34. The molecule has 0 fully saturated rings. The predicted octanol–water partition coefficient (Wildman–Crippen LogP) is 1.43. The van der Waals surface area contributed by atoms with E-state index in [1.165, 1.54) is 6.08 Å². The normalized spacial score (nSPS) is 19.5. The van der Waals surface area contributed by atoms with Gasteiger partial charge in [-0.2, -0.15) is 0 Å². The fourth-order valence-electron chi connectivity index (χ4n) is 2.23. The van der Waals surface area contributed by atoms with E-state index in [1.807, 2.05) is 42.5 Å². The number of amides is 2. The lowest BCUT2D eigenvalue weighted by Gasteiger charge is -2.13. The van der Waals surface area contributed by atoms with Crippen LogP contribution in [0.4, 0.5) is 0 Å². The van der Waals surface area contributed by atoms with Crippen LogP contribution in [0.1, 0.15) is 6.42 Å². The number of carbonyl (C=O) groups is 2. The third-order valence-electron chi connectivity index (χ3n) is 3.35. The van der Waals surface area contributed by atoms with E-state index >= 15 is 0 Å². The Morgan fingerprint density at radius 2 is 2.05 bits per heavy atom. The van der Waals surface area contributed by atoms with Gasteiger partial charge in [0.2, 0.25) is 11.8 Å². The molecule has 0 radical (unpaired) electrons. The summed E-state index contributed by atoms with van der Waals surface area (Å²) in [4.78, 5) is 23.2. The van der Waals surface area contributed by atoms with Crippen molar-refractivity contribution in [2.75, 3.05) is 13.2 Å². The average molecular weight is 300 g/mol. The van der Waals surface area contributed by atoms with E-state index in [0.29, 0.717) is 19.6 Å². The lowest BCUT2D eigenvalue weighted by atomic mass is 10.1. The largest absolute Gasteiger partial charge is 0.492 e. The Kier molecular flexibility index (Phi) is 5.77. The Hall–Kier alpha value is -2.56. The lowest BCUT2D eigenvalue weighted by molar-refractivity contribution is -0.124. The van der Waals surface area contributed by atoms with Crippen molar-refractivity contribution in [3.63, 3.8) is 0 Å². The molecule has 1 aliphatic rings. The molecule has 1 aromatic rings. The van der Waals surface area contributed by atoms with Gasteiger partial charge in [-0.1, -0.05) is 36.9 Å². The molecule has 0 saturated heterocycles. The molecule has 0 unspecified atom stereocenters. The van der Waals surface area contributed by atoms with Crippen molar-refractivity contribution >= 4 is 11.8 Å². The van der Waals surface area contributed by atoms with Crippen molar-refractivity contribution in [2.45, 2.75) is 12.5 Å². The number of carbonyl (C=O) groups excluding carboxylic acids is 2. The van der Waals surface area contributed by atoms with E-state index in [4.69, 9.17) is 4.74 Å². The Morgan fingerprint density at radius 1 is 1.27 bits per heavy atom. The summed E-state index contributed by atoms with van der Waals surface area (Å²) in [7, 11) is 0. The molecule has 5 nitrogen and oxygen atoms in total. The second-order valence-corrected chi connectivity index (χ2v) is 5.00. The summed E-state index contributed by atoms with van der Waals surface area (Å²) in [5.74, 6) is 0.284. The first-order valence-electron chi connectivity index (χ1n) is 7.26. The SMILES string of the molecule is C=CC(=O)N[C@H]1C=C[C@@H](C(=O)NCCOc2ccccc2)C1. The van der Waals surface area contributed by atoms with E-state index in [1.54, 1.807) is 0 Å². The van der Waals surface area contributed by atoms with Crippen LogP contribution in [-0.4, -0.2) is 31.0 Å². The molecule has 0 bridgehead atoms. The van der Waals surface area contributed by atoms with Crippen LogP contribution in [0.25, 0.3) is 0 Å². The molecule has 2 amide bonds. The highest BCUT2D eigenvalue weighted by atomic mass is 16.5. The summed E-state index contributed by atoms with van der Waals surface area (Å²) in [5.41, 5.74) is 0. The van der Waals surface area contributed by atoms with Crippen molar-refractivity contribution in [2.24, 2.45) is 5.92 Å². The zero-order valence-electron chi connectivity index (χ0n) is 12.3. The first-order valence-corrected chi connectivity index (χ1v) is 7.26. The van der Waals surface area contributed by atoms with E-state index in [0.717, 1.165) is 5.75 Å². The predicted molar refractivity (Wildman–Crippen MR) is 84.3 cm³/mol. The third-order valence-corrected chi connectivity index (χ3v) is 3.35. The van der Waals surface area contributed by atoms with Gasteiger partial charge in [-0.05, 0) is 24.6 Å². The minimum atomic E-state index is -0.230. The molecule has 116 valence electrons. The first kappa shape index (κ1) is 15.8. The molecule has 0 saturated carbocycles. The molecule has 0 heterocycles. The number of hydrogen-bond donors (Lipinski definition) is 2. The average Bonchev–Trinajstić information content (AvgIpc) is 3.00. The smallest absolute Gasteiger partial charge is 0.243 e. The van der Waals surface area contributed by atoms with Crippen LogP contribution in [0.15, 0.2) is 55.1 Å². The molecule has 0 aromatic heterocycles. The van der Waals surface area contributed by atoms with Gasteiger partial charge in [0.25, 0.3) is 0 Å². The molecule has 0 spiro atoms. The maximum atomic E-state index is 12.0. The minimum Gasteiger partial charge on any atom is -0.492 e. The second kappa shape index (κ2) is 8.02. The molecule has 22 heavy (non-hydrogen) atoms. The van der Waals surface area contributed by atoms with Crippen molar-refractivity contribution in [3.8, 4) is 5.75 Å². The topological polar surface area (TPSA) is 67.4 Å². The number of hydrogen-bond acceptors (Lipinski definition) is 3. The number of para-hydroxylation sites is 1. The number of nitrogens with one attached hydrogen (secondary N) is 2. The van der Waals surface area contributed by atoms with Gasteiger partial charge in [-0.25, -0.2) is 0 Å². The van der Waals surface area contributed by atoms with Crippen molar-refractivity contribution in [1.29, 1.82) is 0 Å². The van der Waals surface area contributed by atoms with E-state index in [-0.39, 0.29) is 23.8 Å². The lowest BCUT2D eigenvalue weighted by Crippen LogP contribution is -2.35. The van der Waals surface area contributed by atoms with Crippen molar-refractivity contribution < 1.29 is 14.3 Å². The Morgan fingerprint density at radius 3 is 2.77 bits per heavy atom. The van der Waals surface area contributed by atoms with E-state index in [2.05, 4.69) is 17.2 Å². The van der Waals surface area contributed by atoms with Gasteiger partial charge >= 0.3 is 0 Å². The molecular formula is C17H20N2O3. The second-order valence-electron chi connectivity index (χ2n) is 5.00. The van der Waals surface area contributed by atoms with Crippen molar-refractivity contribution in [3.05, 3.63) is 55.1 Å².